The van der Waals surface area contributed by atoms with E-state index in [0.717, 1.165) is 38.5 Å². The van der Waals surface area contributed by atoms with E-state index >= 15 is 0 Å². The zero-order valence-corrected chi connectivity index (χ0v) is 28.3. The Hall–Kier alpha value is -5.50. The molecule has 2 aromatic carbocycles. The van der Waals surface area contributed by atoms with Crippen LogP contribution in [0.2, 0.25) is 0 Å². The number of unbranched alkanes of at least 4 members (excludes halogenated alkanes) is 1. The first kappa shape index (κ1) is 39.7. The van der Waals surface area contributed by atoms with Gasteiger partial charge in [-0.2, -0.15) is 0 Å². The minimum atomic E-state index is -0.575. The third kappa shape index (κ3) is 18.4. The smallest absolute Gasteiger partial charge is 0.311 e. The molecule has 2 aromatic rings. The van der Waals surface area contributed by atoms with Crippen molar-refractivity contribution in [2.45, 2.75) is 71.6 Å². The first-order chi connectivity index (χ1) is 23.7. The van der Waals surface area contributed by atoms with Crippen LogP contribution in [-0.2, 0) is 19.2 Å². The summed E-state index contributed by atoms with van der Waals surface area (Å²) >= 11 is 0. The highest BCUT2D eigenvalue weighted by Gasteiger charge is 2.10. The lowest BCUT2D eigenvalue weighted by Gasteiger charge is -2.06. The number of phenols is 2. The van der Waals surface area contributed by atoms with E-state index in [9.17, 15) is 29.4 Å². The second kappa shape index (κ2) is 23.8. The molecule has 0 fully saturated rings. The summed E-state index contributed by atoms with van der Waals surface area (Å²) < 4.78 is 10.1. The van der Waals surface area contributed by atoms with Gasteiger partial charge in [-0.3, -0.25) is 19.2 Å². The van der Waals surface area contributed by atoms with Gasteiger partial charge in [0, 0.05) is 13.3 Å². The lowest BCUT2D eigenvalue weighted by atomic mass is 10.1. The van der Waals surface area contributed by atoms with Crippen molar-refractivity contribution in [3.63, 3.8) is 0 Å². The molecule has 0 aliphatic heterocycles. The van der Waals surface area contributed by atoms with Crippen molar-refractivity contribution < 1.29 is 38.9 Å². The fourth-order valence-electron chi connectivity index (χ4n) is 4.18. The Balaban J connectivity index is 1.66. The Labute approximate surface area is 289 Å². The lowest BCUT2D eigenvalue weighted by molar-refractivity contribution is -0.134. The maximum atomic E-state index is 12.3. The van der Waals surface area contributed by atoms with Crippen LogP contribution in [0.1, 0.15) is 82.8 Å². The maximum Gasteiger partial charge on any atom is 0.311 e. The average Bonchev–Trinajstić information content (AvgIpc) is 3.06. The van der Waals surface area contributed by atoms with Gasteiger partial charge in [-0.15, -0.1) is 0 Å². The van der Waals surface area contributed by atoms with Crippen molar-refractivity contribution in [1.29, 1.82) is 0 Å². The number of hydrogen-bond donors (Lipinski definition) is 2. The van der Waals surface area contributed by atoms with Gasteiger partial charge in [0.15, 0.2) is 34.6 Å². The van der Waals surface area contributed by atoms with Crippen LogP contribution in [0.4, 0.5) is 0 Å². The van der Waals surface area contributed by atoms with Crippen LogP contribution in [0.15, 0.2) is 109 Å². The van der Waals surface area contributed by atoms with Crippen LogP contribution in [0.25, 0.3) is 12.2 Å². The van der Waals surface area contributed by atoms with Crippen LogP contribution >= 0.6 is 0 Å². The molecule has 0 aliphatic rings. The zero-order valence-electron chi connectivity index (χ0n) is 28.3. The van der Waals surface area contributed by atoms with Gasteiger partial charge in [0.1, 0.15) is 0 Å². The monoisotopic (exact) mass is 666 g/mol. The lowest BCUT2D eigenvalue weighted by Crippen LogP contribution is -2.07. The van der Waals surface area contributed by atoms with Gasteiger partial charge in [0.25, 0.3) is 0 Å². The van der Waals surface area contributed by atoms with Crippen LogP contribution in [0.5, 0.6) is 23.0 Å². The van der Waals surface area contributed by atoms with E-state index in [1.165, 1.54) is 55.5 Å². The van der Waals surface area contributed by atoms with Crippen molar-refractivity contribution >= 4 is 35.7 Å². The Morgan fingerprint density at radius 1 is 0.633 bits per heavy atom. The molecule has 0 atom stereocenters. The number of ketones is 2. The molecule has 49 heavy (non-hydrogen) atoms. The summed E-state index contributed by atoms with van der Waals surface area (Å²) in [4.78, 5) is 47.7. The van der Waals surface area contributed by atoms with Crippen LogP contribution in [-0.4, -0.2) is 33.7 Å². The van der Waals surface area contributed by atoms with Gasteiger partial charge in [0.2, 0.25) is 0 Å². The van der Waals surface area contributed by atoms with Crippen molar-refractivity contribution in [3.8, 4) is 23.0 Å². The summed E-state index contributed by atoms with van der Waals surface area (Å²) in [6, 6.07) is 8.64. The highest BCUT2D eigenvalue weighted by Crippen LogP contribution is 2.29. The predicted octanol–water partition coefficient (Wildman–Crippen LogP) is 9.11. The van der Waals surface area contributed by atoms with Gasteiger partial charge < -0.3 is 19.7 Å². The van der Waals surface area contributed by atoms with Gasteiger partial charge in [-0.05, 0) is 92.5 Å². The van der Waals surface area contributed by atoms with Crippen molar-refractivity contribution in [2.75, 3.05) is 0 Å². The maximum absolute atomic E-state index is 12.3. The Morgan fingerprint density at radius 2 is 1.08 bits per heavy atom. The molecule has 0 spiro atoms. The molecule has 0 radical (unpaired) electrons. The average molecular weight is 667 g/mol. The number of esters is 2. The van der Waals surface area contributed by atoms with Gasteiger partial charge in [-0.25, -0.2) is 0 Å². The first-order valence-electron chi connectivity index (χ1n) is 16.4. The molecular formula is C41H46O8. The number of benzene rings is 2. The third-order valence-corrected chi connectivity index (χ3v) is 6.62. The number of hydrogen-bond acceptors (Lipinski definition) is 8. The van der Waals surface area contributed by atoms with Crippen LogP contribution < -0.4 is 9.47 Å². The summed E-state index contributed by atoms with van der Waals surface area (Å²) in [6.45, 7) is 3.34. The molecule has 8 heteroatoms. The predicted molar refractivity (Wildman–Crippen MR) is 194 cm³/mol. The molecular weight excluding hydrogens is 620 g/mol. The molecule has 0 aromatic heterocycles. The summed E-state index contributed by atoms with van der Waals surface area (Å²) in [5.74, 6) is -2.42. The fraction of sp³-hybridized carbons (Fsp3) is 0.268. The van der Waals surface area contributed by atoms with E-state index in [2.05, 4.69) is 61.6 Å². The molecule has 258 valence electrons. The van der Waals surface area contributed by atoms with E-state index in [4.69, 9.17) is 9.47 Å². The van der Waals surface area contributed by atoms with Gasteiger partial charge in [-0.1, -0.05) is 92.0 Å². The largest absolute Gasteiger partial charge is 0.504 e. The number of rotatable bonds is 21. The summed E-state index contributed by atoms with van der Waals surface area (Å²) in [5, 5.41) is 20.2. The fourth-order valence-corrected chi connectivity index (χ4v) is 4.18. The number of allylic oxidation sites excluding steroid dienone is 12. The van der Waals surface area contributed by atoms with Gasteiger partial charge >= 0.3 is 11.9 Å². The normalized spacial score (nSPS) is 12.1. The number of ether oxygens (including phenoxy) is 2. The molecule has 0 saturated heterocycles. The molecule has 0 amide bonds. The molecule has 0 heterocycles. The molecule has 0 saturated carbocycles. The Kier molecular flexibility index (Phi) is 19.2. The molecule has 0 bridgehead atoms. The molecule has 0 aliphatic carbocycles. The zero-order chi connectivity index (χ0) is 35.7. The summed E-state index contributed by atoms with van der Waals surface area (Å²) in [6.07, 6.45) is 32.6. The summed E-state index contributed by atoms with van der Waals surface area (Å²) in [5.41, 5.74) is 0.960. The SMILES string of the molecule is CC/C=C\C/C=C\C/C=C\C/C=C\C/C=C\CCCC(=O)Oc1ccc(/C=C/C(=O)CC(=O)/C=C/c2ccc(OC(C)=O)c(O)c2)cc1O. The van der Waals surface area contributed by atoms with Crippen molar-refractivity contribution in [1.82, 2.24) is 0 Å². The number of aromatic hydroxyl groups is 2. The minimum absolute atomic E-state index is 0.00145. The highest BCUT2D eigenvalue weighted by atomic mass is 16.5. The van der Waals surface area contributed by atoms with E-state index < -0.39 is 23.5 Å². The van der Waals surface area contributed by atoms with Crippen LogP contribution in [0.3, 0.4) is 0 Å². The van der Waals surface area contributed by atoms with E-state index in [1.807, 2.05) is 6.08 Å². The second-order valence-electron chi connectivity index (χ2n) is 10.9. The van der Waals surface area contributed by atoms with Crippen LogP contribution in [0, 0.1) is 0 Å². The molecule has 2 rings (SSSR count). The van der Waals surface area contributed by atoms with E-state index in [-0.39, 0.29) is 35.8 Å². The van der Waals surface area contributed by atoms with Gasteiger partial charge in [0.05, 0.1) is 6.42 Å². The summed E-state index contributed by atoms with van der Waals surface area (Å²) in [7, 11) is 0. The van der Waals surface area contributed by atoms with E-state index in [1.54, 1.807) is 12.1 Å². The van der Waals surface area contributed by atoms with Crippen molar-refractivity contribution in [2.24, 2.45) is 0 Å². The molecule has 8 nitrogen and oxygen atoms in total. The molecule has 2 N–H and O–H groups in total. The quantitative estimate of drug-likeness (QED) is 0.0337. The Morgan fingerprint density at radius 3 is 1.53 bits per heavy atom. The minimum Gasteiger partial charge on any atom is -0.504 e. The topological polar surface area (TPSA) is 127 Å². The molecule has 0 unspecified atom stereocenters. The first-order valence-corrected chi connectivity index (χ1v) is 16.4. The second-order valence-corrected chi connectivity index (χ2v) is 10.9. The highest BCUT2D eigenvalue weighted by molar-refractivity contribution is 6.10. The standard InChI is InChI=1S/C41H46O8/c1-3-4-5-6-7-8-9-10-11-12-13-14-15-16-17-18-19-20-41(47)49-40-28-24-34(30-38(40)46)22-26-36(44)31-35(43)25-21-33-23-27-39(37(45)29-33)48-32(2)42/h4-5,7-8,10-11,13-14,16-17,21-30,45-46H,3,6,9,12,15,18-20,31H2,1-2H3/b5-4-,8-7-,11-10-,14-13-,17-16-,25-21+,26-22+. The number of carbonyl (C=O) groups is 4. The number of carbonyl (C=O) groups excluding carboxylic acids is 4. The van der Waals surface area contributed by atoms with Crippen molar-refractivity contribution in [3.05, 3.63) is 120 Å². The number of phenolic OH excluding ortho intramolecular Hbond substituents is 2. The van der Waals surface area contributed by atoms with E-state index in [0.29, 0.717) is 17.5 Å². The third-order valence-electron chi connectivity index (χ3n) is 6.62. The Bertz CT molecular complexity index is 1600.